The van der Waals surface area contributed by atoms with E-state index in [0.29, 0.717) is 13.0 Å². The van der Waals surface area contributed by atoms with Gasteiger partial charge >= 0.3 is 6.09 Å². The molecule has 7 heteroatoms. The SMILES string of the molecule is CC(C)CC(NC(=O)OC(C)C)C(=O)NC(C)COc1ccc(Br)cc1. The minimum atomic E-state index is -0.642. The molecule has 0 aromatic heterocycles. The number of hydrogen-bond donors (Lipinski definition) is 2. The van der Waals surface area contributed by atoms with Gasteiger partial charge in [-0.15, -0.1) is 0 Å². The Morgan fingerprint density at radius 2 is 1.65 bits per heavy atom. The van der Waals surface area contributed by atoms with Gasteiger partial charge < -0.3 is 20.1 Å². The number of ether oxygens (including phenoxy) is 2. The van der Waals surface area contributed by atoms with Crippen LogP contribution in [0.5, 0.6) is 5.75 Å². The number of amides is 2. The molecular formula is C19H29BrN2O4. The van der Waals surface area contributed by atoms with Crippen LogP contribution in [0.4, 0.5) is 4.79 Å². The third-order valence-corrected chi connectivity index (χ3v) is 3.89. The van der Waals surface area contributed by atoms with Gasteiger partial charge in [0.2, 0.25) is 5.91 Å². The molecule has 0 saturated carbocycles. The molecular weight excluding hydrogens is 400 g/mol. The summed E-state index contributed by atoms with van der Waals surface area (Å²) in [6.45, 7) is 9.71. The Labute approximate surface area is 164 Å². The summed E-state index contributed by atoms with van der Waals surface area (Å²) in [6, 6.07) is 6.64. The zero-order valence-electron chi connectivity index (χ0n) is 16.0. The van der Waals surface area contributed by atoms with Crippen molar-refractivity contribution in [1.29, 1.82) is 0 Å². The summed E-state index contributed by atoms with van der Waals surface area (Å²) in [5, 5.41) is 5.53. The van der Waals surface area contributed by atoms with Crippen molar-refractivity contribution >= 4 is 27.9 Å². The van der Waals surface area contributed by atoms with E-state index in [-0.39, 0.29) is 24.0 Å². The molecule has 6 nitrogen and oxygen atoms in total. The molecule has 1 aromatic rings. The summed E-state index contributed by atoms with van der Waals surface area (Å²) >= 11 is 3.37. The number of carbonyl (C=O) groups is 2. The van der Waals surface area contributed by atoms with E-state index in [1.807, 2.05) is 45.0 Å². The number of nitrogens with one attached hydrogen (secondary N) is 2. The molecule has 26 heavy (non-hydrogen) atoms. The van der Waals surface area contributed by atoms with Gasteiger partial charge in [-0.25, -0.2) is 4.79 Å². The van der Waals surface area contributed by atoms with Crippen LogP contribution in [0.15, 0.2) is 28.7 Å². The van der Waals surface area contributed by atoms with E-state index in [2.05, 4.69) is 26.6 Å². The number of halogens is 1. The van der Waals surface area contributed by atoms with Gasteiger partial charge in [-0.05, 0) is 57.4 Å². The van der Waals surface area contributed by atoms with E-state index in [4.69, 9.17) is 9.47 Å². The molecule has 0 heterocycles. The molecule has 1 rings (SSSR count). The van der Waals surface area contributed by atoms with Crippen LogP contribution in [-0.4, -0.2) is 36.8 Å². The first kappa shape index (κ1) is 22.3. The molecule has 0 aliphatic heterocycles. The lowest BCUT2D eigenvalue weighted by Gasteiger charge is -2.23. The number of alkyl carbamates (subject to hydrolysis) is 1. The summed E-state index contributed by atoms with van der Waals surface area (Å²) in [5.41, 5.74) is 0. The molecule has 0 aliphatic carbocycles. The molecule has 2 unspecified atom stereocenters. The summed E-state index contributed by atoms with van der Waals surface area (Å²) in [6.07, 6.45) is -0.296. The number of rotatable bonds is 9. The van der Waals surface area contributed by atoms with Gasteiger partial charge in [-0.2, -0.15) is 0 Å². The van der Waals surface area contributed by atoms with E-state index in [9.17, 15) is 9.59 Å². The third kappa shape index (κ3) is 9.08. The normalized spacial score (nSPS) is 13.2. The van der Waals surface area contributed by atoms with Crippen LogP contribution in [0.1, 0.15) is 41.0 Å². The van der Waals surface area contributed by atoms with Crippen molar-refractivity contribution in [1.82, 2.24) is 10.6 Å². The largest absolute Gasteiger partial charge is 0.491 e. The fourth-order valence-corrected chi connectivity index (χ4v) is 2.49. The molecule has 2 amide bonds. The Balaban J connectivity index is 2.54. The van der Waals surface area contributed by atoms with E-state index >= 15 is 0 Å². The first-order valence-corrected chi connectivity index (χ1v) is 9.62. The summed E-state index contributed by atoms with van der Waals surface area (Å²) in [4.78, 5) is 24.4. The minimum Gasteiger partial charge on any atom is -0.491 e. The summed E-state index contributed by atoms with van der Waals surface area (Å²) in [5.74, 6) is 0.734. The van der Waals surface area contributed by atoms with E-state index in [1.165, 1.54) is 0 Å². The van der Waals surface area contributed by atoms with E-state index in [0.717, 1.165) is 10.2 Å². The molecule has 0 aliphatic rings. The van der Waals surface area contributed by atoms with Crippen molar-refractivity contribution in [2.45, 2.75) is 59.2 Å². The molecule has 2 atom stereocenters. The Bertz CT molecular complexity index is 575. The highest BCUT2D eigenvalue weighted by Crippen LogP contribution is 2.16. The molecule has 0 fully saturated rings. The van der Waals surface area contributed by atoms with Gasteiger partial charge in [0, 0.05) is 4.47 Å². The number of carbonyl (C=O) groups excluding carboxylic acids is 2. The van der Waals surface area contributed by atoms with Crippen molar-refractivity contribution in [3.05, 3.63) is 28.7 Å². The number of benzene rings is 1. The first-order valence-electron chi connectivity index (χ1n) is 8.83. The monoisotopic (exact) mass is 428 g/mol. The predicted octanol–water partition coefficient (Wildman–Crippen LogP) is 3.88. The van der Waals surface area contributed by atoms with Gasteiger partial charge in [-0.3, -0.25) is 4.79 Å². The topological polar surface area (TPSA) is 76.7 Å². The Morgan fingerprint density at radius 3 is 2.19 bits per heavy atom. The molecule has 2 N–H and O–H groups in total. The van der Waals surface area contributed by atoms with E-state index < -0.39 is 12.1 Å². The highest BCUT2D eigenvalue weighted by atomic mass is 79.9. The Hall–Kier alpha value is -1.76. The van der Waals surface area contributed by atoms with Crippen LogP contribution in [0, 0.1) is 5.92 Å². The first-order chi connectivity index (χ1) is 12.2. The van der Waals surface area contributed by atoms with Crippen molar-refractivity contribution < 1.29 is 19.1 Å². The zero-order valence-corrected chi connectivity index (χ0v) is 17.6. The minimum absolute atomic E-state index is 0.205. The quantitative estimate of drug-likeness (QED) is 0.625. The van der Waals surface area contributed by atoms with Crippen LogP contribution in [0.25, 0.3) is 0 Å². The average Bonchev–Trinajstić information content (AvgIpc) is 2.52. The smallest absolute Gasteiger partial charge is 0.408 e. The van der Waals surface area contributed by atoms with Gasteiger partial charge in [-0.1, -0.05) is 29.8 Å². The second kappa shape index (κ2) is 11.1. The van der Waals surface area contributed by atoms with Crippen molar-refractivity contribution in [2.75, 3.05) is 6.61 Å². The highest BCUT2D eigenvalue weighted by Gasteiger charge is 2.24. The number of hydrogen-bond acceptors (Lipinski definition) is 4. The average molecular weight is 429 g/mol. The van der Waals surface area contributed by atoms with Gasteiger partial charge in [0.25, 0.3) is 0 Å². The van der Waals surface area contributed by atoms with Crippen molar-refractivity contribution in [3.8, 4) is 5.75 Å². The van der Waals surface area contributed by atoms with Crippen LogP contribution < -0.4 is 15.4 Å². The molecule has 0 bridgehead atoms. The maximum Gasteiger partial charge on any atom is 0.408 e. The van der Waals surface area contributed by atoms with Crippen LogP contribution in [-0.2, 0) is 9.53 Å². The lowest BCUT2D eigenvalue weighted by molar-refractivity contribution is -0.124. The fourth-order valence-electron chi connectivity index (χ4n) is 2.23. The predicted molar refractivity (Wildman–Crippen MR) is 105 cm³/mol. The highest BCUT2D eigenvalue weighted by molar-refractivity contribution is 9.10. The van der Waals surface area contributed by atoms with Crippen LogP contribution in [0.3, 0.4) is 0 Å². The zero-order chi connectivity index (χ0) is 19.7. The standard InChI is InChI=1S/C19H29BrN2O4/c1-12(2)10-17(22-19(24)26-13(3)4)18(23)21-14(5)11-25-16-8-6-15(20)7-9-16/h6-9,12-14,17H,10-11H2,1-5H3,(H,21,23)(H,22,24). The van der Waals surface area contributed by atoms with Crippen molar-refractivity contribution in [2.24, 2.45) is 5.92 Å². The van der Waals surface area contributed by atoms with Crippen LogP contribution in [0.2, 0.25) is 0 Å². The maximum absolute atomic E-state index is 12.5. The lowest BCUT2D eigenvalue weighted by atomic mass is 10.0. The second-order valence-electron chi connectivity index (χ2n) is 6.96. The summed E-state index contributed by atoms with van der Waals surface area (Å²) in [7, 11) is 0. The lowest BCUT2D eigenvalue weighted by Crippen LogP contribution is -2.51. The second-order valence-corrected chi connectivity index (χ2v) is 7.87. The molecule has 146 valence electrons. The fraction of sp³-hybridized carbons (Fsp3) is 0.579. The molecule has 0 radical (unpaired) electrons. The maximum atomic E-state index is 12.5. The van der Waals surface area contributed by atoms with Gasteiger partial charge in [0.05, 0.1) is 12.1 Å². The van der Waals surface area contributed by atoms with Gasteiger partial charge in [0.1, 0.15) is 18.4 Å². The van der Waals surface area contributed by atoms with Crippen molar-refractivity contribution in [3.63, 3.8) is 0 Å². The van der Waals surface area contributed by atoms with E-state index in [1.54, 1.807) is 13.8 Å². The Kier molecular flexibility index (Phi) is 9.48. The molecule has 0 saturated heterocycles. The van der Waals surface area contributed by atoms with Gasteiger partial charge in [0.15, 0.2) is 0 Å². The summed E-state index contributed by atoms with van der Waals surface area (Å²) < 4.78 is 11.7. The third-order valence-electron chi connectivity index (χ3n) is 3.36. The molecule has 1 aromatic carbocycles. The van der Waals surface area contributed by atoms with Crippen LogP contribution >= 0.6 is 15.9 Å². The Morgan fingerprint density at radius 1 is 1.04 bits per heavy atom. The molecule has 0 spiro atoms.